The SMILES string of the molecule is CCCCCSc1nc([O-])c2[n+](n1)C(c1ccc(F)cc1)N(C(C)=O)c1ccccc1-2. The molecule has 1 aliphatic heterocycles. The maximum Gasteiger partial charge on any atom is 0.293 e. The molecule has 1 amide bonds. The Hall–Kier alpha value is -3.00. The number of thioether (sulfide) groups is 1. The Bertz CT molecular complexity index is 1110. The monoisotopic (exact) mass is 438 g/mol. The Kier molecular flexibility index (Phi) is 6.18. The van der Waals surface area contributed by atoms with Gasteiger partial charge in [0.15, 0.2) is 0 Å². The van der Waals surface area contributed by atoms with Gasteiger partial charge >= 0.3 is 0 Å². The fourth-order valence-corrected chi connectivity index (χ4v) is 4.61. The van der Waals surface area contributed by atoms with Crippen molar-refractivity contribution in [3.63, 3.8) is 0 Å². The summed E-state index contributed by atoms with van der Waals surface area (Å²) in [6, 6.07) is 13.1. The molecule has 2 aromatic carbocycles. The maximum absolute atomic E-state index is 13.6. The molecule has 1 aromatic heterocycles. The van der Waals surface area contributed by atoms with Crippen molar-refractivity contribution in [1.82, 2.24) is 10.1 Å². The fraction of sp³-hybridized carbons (Fsp3) is 0.304. The molecule has 0 bridgehead atoms. The first-order valence-electron chi connectivity index (χ1n) is 10.3. The standard InChI is InChI=1S/C23H23FN4O2S/c1-3-4-7-14-31-23-25-21(30)20-18-8-5-6-9-19(18)27(15(2)29)22(28(20)26-23)16-10-12-17(24)13-11-16/h5-6,8-13,22H,3-4,7,14H2,1-2H3. The second-order valence-electron chi connectivity index (χ2n) is 7.38. The number of benzene rings is 2. The molecule has 0 saturated carbocycles. The van der Waals surface area contributed by atoms with Gasteiger partial charge in [-0.3, -0.25) is 4.79 Å². The van der Waals surface area contributed by atoms with Gasteiger partial charge in [0.25, 0.3) is 17.0 Å². The van der Waals surface area contributed by atoms with Crippen molar-refractivity contribution in [2.45, 2.75) is 44.4 Å². The lowest BCUT2D eigenvalue weighted by Gasteiger charge is -2.32. The number of rotatable bonds is 6. The maximum atomic E-state index is 13.6. The summed E-state index contributed by atoms with van der Waals surface area (Å²) in [6.45, 7) is 3.60. The number of anilines is 1. The number of fused-ring (bicyclic) bond motifs is 3. The summed E-state index contributed by atoms with van der Waals surface area (Å²) in [5, 5.41) is 18.1. The normalized spacial score (nSPS) is 14.8. The molecule has 0 radical (unpaired) electrons. The summed E-state index contributed by atoms with van der Waals surface area (Å²) in [5.74, 6) is -0.168. The van der Waals surface area contributed by atoms with E-state index in [9.17, 15) is 14.3 Å². The molecule has 0 N–H and O–H groups in total. The van der Waals surface area contributed by atoms with Crippen molar-refractivity contribution < 1.29 is 19.0 Å². The molecule has 0 saturated heterocycles. The molecule has 2 heterocycles. The molecular formula is C23H23FN4O2S. The number of carbonyl (C=O) groups is 1. The minimum atomic E-state index is -0.714. The Morgan fingerprint density at radius 1 is 1.19 bits per heavy atom. The van der Waals surface area contributed by atoms with Gasteiger partial charge in [0, 0.05) is 23.3 Å². The van der Waals surface area contributed by atoms with Gasteiger partial charge in [0.2, 0.25) is 5.91 Å². The molecule has 31 heavy (non-hydrogen) atoms. The van der Waals surface area contributed by atoms with Crippen molar-refractivity contribution in [3.05, 3.63) is 59.9 Å². The van der Waals surface area contributed by atoms with E-state index < -0.39 is 12.0 Å². The second kappa shape index (κ2) is 9.01. The van der Waals surface area contributed by atoms with Crippen LogP contribution in [0, 0.1) is 5.82 Å². The minimum Gasteiger partial charge on any atom is -0.854 e. The number of amides is 1. The zero-order valence-electron chi connectivity index (χ0n) is 17.4. The zero-order chi connectivity index (χ0) is 22.0. The third-order valence-corrected chi connectivity index (χ3v) is 6.13. The van der Waals surface area contributed by atoms with E-state index in [0.29, 0.717) is 27.7 Å². The Morgan fingerprint density at radius 2 is 1.94 bits per heavy atom. The summed E-state index contributed by atoms with van der Waals surface area (Å²) < 4.78 is 15.2. The van der Waals surface area contributed by atoms with E-state index in [0.717, 1.165) is 25.0 Å². The largest absolute Gasteiger partial charge is 0.854 e. The molecule has 8 heteroatoms. The van der Waals surface area contributed by atoms with E-state index >= 15 is 0 Å². The highest BCUT2D eigenvalue weighted by molar-refractivity contribution is 7.99. The van der Waals surface area contributed by atoms with Crippen molar-refractivity contribution in [1.29, 1.82) is 0 Å². The van der Waals surface area contributed by atoms with Crippen LogP contribution >= 0.6 is 11.8 Å². The van der Waals surface area contributed by atoms with Gasteiger partial charge in [-0.1, -0.05) is 48.3 Å². The third kappa shape index (κ3) is 4.12. The van der Waals surface area contributed by atoms with Crippen LogP contribution in [0.1, 0.15) is 44.8 Å². The van der Waals surface area contributed by atoms with E-state index in [1.165, 1.54) is 30.8 Å². The molecule has 6 nitrogen and oxygen atoms in total. The first kappa shape index (κ1) is 21.2. The molecule has 1 aliphatic rings. The van der Waals surface area contributed by atoms with Crippen molar-refractivity contribution in [2.75, 3.05) is 10.7 Å². The number of unbranched alkanes of at least 4 members (excludes halogenated alkanes) is 2. The Balaban J connectivity index is 1.89. The highest BCUT2D eigenvalue weighted by Gasteiger charge is 2.43. The van der Waals surface area contributed by atoms with Gasteiger partial charge in [0.05, 0.1) is 17.1 Å². The molecule has 4 rings (SSSR count). The minimum absolute atomic E-state index is 0.205. The van der Waals surface area contributed by atoms with E-state index in [1.807, 2.05) is 12.1 Å². The molecule has 1 atom stereocenters. The van der Waals surface area contributed by atoms with Crippen LogP contribution in [0.15, 0.2) is 53.7 Å². The summed E-state index contributed by atoms with van der Waals surface area (Å²) in [7, 11) is 0. The Labute approximate surface area is 184 Å². The van der Waals surface area contributed by atoms with Crippen LogP contribution in [0.5, 0.6) is 5.88 Å². The number of hydrogen-bond donors (Lipinski definition) is 0. The second-order valence-corrected chi connectivity index (χ2v) is 8.44. The predicted octanol–water partition coefficient (Wildman–Crippen LogP) is 3.84. The smallest absolute Gasteiger partial charge is 0.293 e. The first-order chi connectivity index (χ1) is 15.0. The van der Waals surface area contributed by atoms with Gasteiger partial charge < -0.3 is 5.11 Å². The predicted molar refractivity (Wildman–Crippen MR) is 115 cm³/mol. The topological polar surface area (TPSA) is 73.0 Å². The van der Waals surface area contributed by atoms with E-state index in [2.05, 4.69) is 17.0 Å². The number of carbonyl (C=O) groups excluding carboxylic acids is 1. The van der Waals surface area contributed by atoms with Crippen molar-refractivity contribution in [3.8, 4) is 17.1 Å². The van der Waals surface area contributed by atoms with Crippen molar-refractivity contribution >= 4 is 23.4 Å². The average molecular weight is 439 g/mol. The van der Waals surface area contributed by atoms with Crippen LogP contribution in [0.4, 0.5) is 10.1 Å². The number of para-hydroxylation sites is 1. The third-order valence-electron chi connectivity index (χ3n) is 5.20. The van der Waals surface area contributed by atoms with Crippen LogP contribution in [0.2, 0.25) is 0 Å². The molecule has 0 fully saturated rings. The van der Waals surface area contributed by atoms with Crippen LogP contribution in [0.3, 0.4) is 0 Å². The lowest BCUT2D eigenvalue weighted by molar-refractivity contribution is -0.764. The average Bonchev–Trinajstić information content (AvgIpc) is 2.76. The number of aromatic nitrogens is 3. The van der Waals surface area contributed by atoms with Crippen LogP contribution in [-0.2, 0) is 4.79 Å². The van der Waals surface area contributed by atoms with E-state index in [4.69, 9.17) is 0 Å². The quantitative estimate of drug-likeness (QED) is 0.332. The van der Waals surface area contributed by atoms with Crippen molar-refractivity contribution in [2.24, 2.45) is 0 Å². The van der Waals surface area contributed by atoms with Crippen LogP contribution < -0.4 is 14.7 Å². The summed E-state index contributed by atoms with van der Waals surface area (Å²) in [6.07, 6.45) is 2.49. The van der Waals surface area contributed by atoms with Gasteiger partial charge in [-0.2, -0.15) is 0 Å². The molecule has 1 unspecified atom stereocenters. The van der Waals surface area contributed by atoms with Gasteiger partial charge in [-0.05, 0) is 42.8 Å². The summed E-state index contributed by atoms with van der Waals surface area (Å²) in [5.41, 5.74) is 2.18. The zero-order valence-corrected chi connectivity index (χ0v) is 18.2. The number of hydrogen-bond acceptors (Lipinski definition) is 5. The summed E-state index contributed by atoms with van der Waals surface area (Å²) in [4.78, 5) is 18.5. The lowest BCUT2D eigenvalue weighted by atomic mass is 10.0. The molecular weight excluding hydrogens is 415 g/mol. The first-order valence-corrected chi connectivity index (χ1v) is 11.3. The molecule has 0 aliphatic carbocycles. The fourth-order valence-electron chi connectivity index (χ4n) is 3.79. The van der Waals surface area contributed by atoms with Crippen LogP contribution in [0.25, 0.3) is 11.3 Å². The van der Waals surface area contributed by atoms with E-state index in [1.54, 1.807) is 33.8 Å². The highest BCUT2D eigenvalue weighted by atomic mass is 32.2. The highest BCUT2D eigenvalue weighted by Crippen LogP contribution is 2.40. The lowest BCUT2D eigenvalue weighted by Crippen LogP contribution is -2.58. The van der Waals surface area contributed by atoms with Gasteiger partial charge in [-0.15, -0.1) is 0 Å². The number of nitrogens with zero attached hydrogens (tertiary/aromatic N) is 4. The molecule has 3 aromatic rings. The number of halogens is 1. The molecule has 160 valence electrons. The van der Waals surface area contributed by atoms with Crippen LogP contribution in [-0.4, -0.2) is 21.7 Å². The van der Waals surface area contributed by atoms with Gasteiger partial charge in [-0.25, -0.2) is 14.3 Å². The summed E-state index contributed by atoms with van der Waals surface area (Å²) >= 11 is 1.43. The molecule has 0 spiro atoms. The van der Waals surface area contributed by atoms with Gasteiger partial charge in [0.1, 0.15) is 5.82 Å². The van der Waals surface area contributed by atoms with E-state index in [-0.39, 0.29) is 11.7 Å². The Morgan fingerprint density at radius 3 is 2.65 bits per heavy atom.